The minimum Gasteiger partial charge on any atom is -0.446 e. The van der Waals surface area contributed by atoms with Gasteiger partial charge in [-0.1, -0.05) is 11.5 Å². The van der Waals surface area contributed by atoms with Crippen molar-refractivity contribution in [1.29, 1.82) is 0 Å². The SMILES string of the molecule is Cc1cc[c-]c(N=[C-]S)n1.[U+2]. The number of hydrogen-bond donors (Lipinski definition) is 1. The molecule has 11 heavy (non-hydrogen) atoms. The zero-order valence-electron chi connectivity index (χ0n) is 6.00. The molecule has 0 saturated heterocycles. The first kappa shape index (κ1) is 11.2. The fraction of sp³-hybridized carbons (Fsp3) is 0.143. The van der Waals surface area contributed by atoms with Crippen molar-refractivity contribution < 1.29 is 31.1 Å². The Balaban J connectivity index is 0.000001000. The predicted octanol–water partition coefficient (Wildman–Crippen LogP) is 1.66. The van der Waals surface area contributed by atoms with E-state index in [1.54, 1.807) is 6.07 Å². The van der Waals surface area contributed by atoms with Crippen LogP contribution in [0.5, 0.6) is 0 Å². The Kier molecular flexibility index (Phi) is 5.94. The average molecular weight is 388 g/mol. The summed E-state index contributed by atoms with van der Waals surface area (Å²) in [4.78, 5) is 7.74. The number of nitrogens with zero attached hydrogens (tertiary/aromatic N) is 2. The number of rotatable bonds is 1. The van der Waals surface area contributed by atoms with Crippen LogP contribution >= 0.6 is 12.6 Å². The van der Waals surface area contributed by atoms with E-state index in [2.05, 4.69) is 34.2 Å². The molecule has 4 heteroatoms. The Bertz CT molecular complexity index is 250. The minimum absolute atomic E-state index is 0. The molecule has 0 bridgehead atoms. The number of aryl methyl sites for hydroxylation is 1. The van der Waals surface area contributed by atoms with Crippen molar-refractivity contribution in [3.8, 4) is 0 Å². The van der Waals surface area contributed by atoms with E-state index in [0.717, 1.165) is 5.69 Å². The minimum atomic E-state index is 0. The van der Waals surface area contributed by atoms with Crippen molar-refractivity contribution >= 4 is 24.0 Å². The molecular formula is C7H6N2SU. The number of thiol groups is 1. The Morgan fingerprint density at radius 3 is 3.00 bits per heavy atom. The zero-order chi connectivity index (χ0) is 7.40. The smallest absolute Gasteiger partial charge is 0.446 e. The number of aromatic nitrogens is 1. The molecule has 0 atom stereocenters. The standard InChI is InChI=1S/C7H6N2S.U/c1-6-3-2-4-7(9-6)8-5-10;/h2-3H,1H3,(H,8,9,10);/q-2;+2. The molecule has 1 heterocycles. The van der Waals surface area contributed by atoms with Gasteiger partial charge in [-0.15, -0.1) is 5.55 Å². The van der Waals surface area contributed by atoms with E-state index in [-0.39, 0.29) is 31.1 Å². The van der Waals surface area contributed by atoms with Gasteiger partial charge in [0, 0.05) is 0 Å². The van der Waals surface area contributed by atoms with Crippen molar-refractivity contribution in [2.75, 3.05) is 0 Å². The van der Waals surface area contributed by atoms with Crippen LogP contribution in [-0.2, 0) is 0 Å². The van der Waals surface area contributed by atoms with Gasteiger partial charge in [0.05, 0.1) is 0 Å². The molecule has 2 nitrogen and oxygen atoms in total. The maximum absolute atomic E-state index is 4.03. The predicted molar refractivity (Wildman–Crippen MR) is 43.9 cm³/mol. The Labute approximate surface area is 95.3 Å². The average Bonchev–Trinajstić information content (AvgIpc) is 1.88. The fourth-order valence-corrected chi connectivity index (χ4v) is 0.673. The maximum atomic E-state index is 4.03. The van der Waals surface area contributed by atoms with Crippen LogP contribution in [0.25, 0.3) is 0 Å². The third-order valence-electron chi connectivity index (χ3n) is 0.975. The van der Waals surface area contributed by atoms with Gasteiger partial charge in [-0.05, 0) is 6.92 Å². The van der Waals surface area contributed by atoms with E-state index in [1.807, 2.05) is 13.0 Å². The van der Waals surface area contributed by atoms with Crippen LogP contribution in [0.3, 0.4) is 0 Å². The molecule has 0 N–H and O–H groups in total. The second-order valence-corrected chi connectivity index (χ2v) is 1.97. The number of hydrogen-bond acceptors (Lipinski definition) is 2. The van der Waals surface area contributed by atoms with Gasteiger partial charge in [0.25, 0.3) is 0 Å². The summed E-state index contributed by atoms with van der Waals surface area (Å²) in [5.41, 5.74) is 3.25. The van der Waals surface area contributed by atoms with Gasteiger partial charge in [-0.2, -0.15) is 6.07 Å². The monoisotopic (exact) mass is 388 g/mol. The van der Waals surface area contributed by atoms with Gasteiger partial charge < -0.3 is 16.0 Å². The van der Waals surface area contributed by atoms with Crippen LogP contribution in [0.1, 0.15) is 5.69 Å². The van der Waals surface area contributed by atoms with Gasteiger partial charge in [0.2, 0.25) is 0 Å². The molecule has 0 radical (unpaired) electrons. The molecule has 54 valence electrons. The molecule has 1 rings (SSSR count). The van der Waals surface area contributed by atoms with Crippen molar-refractivity contribution in [3.05, 3.63) is 23.9 Å². The maximum Gasteiger partial charge on any atom is 2.00 e. The summed E-state index contributed by atoms with van der Waals surface area (Å²) in [5, 5.41) is 0. The van der Waals surface area contributed by atoms with Gasteiger partial charge in [0.15, 0.2) is 0 Å². The van der Waals surface area contributed by atoms with Crippen molar-refractivity contribution in [2.45, 2.75) is 6.92 Å². The summed E-state index contributed by atoms with van der Waals surface area (Å²) >= 11 is 3.69. The van der Waals surface area contributed by atoms with E-state index in [1.165, 1.54) is 0 Å². The summed E-state index contributed by atoms with van der Waals surface area (Å²) in [6.45, 7) is 1.89. The molecule has 0 amide bonds. The molecule has 0 aliphatic carbocycles. The van der Waals surface area contributed by atoms with E-state index >= 15 is 0 Å². The molecule has 0 aliphatic rings. The Hall–Kier alpha value is 0.222. The van der Waals surface area contributed by atoms with Gasteiger partial charge in [0.1, 0.15) is 0 Å². The quantitative estimate of drug-likeness (QED) is 0.337. The third-order valence-corrected chi connectivity index (χ3v) is 1.08. The topological polar surface area (TPSA) is 25.2 Å². The number of pyridine rings is 1. The molecule has 0 saturated carbocycles. The normalized spacial score (nSPS) is 9.64. The van der Waals surface area contributed by atoms with Crippen molar-refractivity contribution in [1.82, 2.24) is 4.98 Å². The molecule has 0 spiro atoms. The zero-order valence-corrected chi connectivity index (χ0v) is 11.1. The third kappa shape index (κ3) is 3.95. The molecule has 0 aromatic carbocycles. The van der Waals surface area contributed by atoms with Crippen LogP contribution in [0, 0.1) is 44.1 Å². The van der Waals surface area contributed by atoms with Crippen LogP contribution in [0.15, 0.2) is 17.1 Å². The van der Waals surface area contributed by atoms with E-state index in [0.29, 0.717) is 5.82 Å². The summed E-state index contributed by atoms with van der Waals surface area (Å²) in [6, 6.07) is 6.45. The van der Waals surface area contributed by atoms with Crippen LogP contribution in [-0.4, -0.2) is 10.5 Å². The summed E-state index contributed by atoms with van der Waals surface area (Å²) in [5.74, 6) is 0.523. The van der Waals surface area contributed by atoms with E-state index in [4.69, 9.17) is 0 Å². The summed E-state index contributed by atoms with van der Waals surface area (Å²) in [7, 11) is 0. The van der Waals surface area contributed by atoms with Crippen LogP contribution in [0.2, 0.25) is 0 Å². The molecule has 1 aromatic rings. The van der Waals surface area contributed by atoms with Crippen molar-refractivity contribution in [2.24, 2.45) is 4.99 Å². The second kappa shape index (κ2) is 5.82. The van der Waals surface area contributed by atoms with Crippen molar-refractivity contribution in [3.63, 3.8) is 0 Å². The summed E-state index contributed by atoms with van der Waals surface area (Å²) < 4.78 is 0. The van der Waals surface area contributed by atoms with E-state index in [9.17, 15) is 0 Å². The Morgan fingerprint density at radius 1 is 1.73 bits per heavy atom. The van der Waals surface area contributed by atoms with Crippen LogP contribution < -0.4 is 0 Å². The number of aliphatic imine (C=N–C) groups is 1. The van der Waals surface area contributed by atoms with Crippen LogP contribution in [0.4, 0.5) is 5.82 Å². The van der Waals surface area contributed by atoms with Gasteiger partial charge in [-0.25, -0.2) is 18.7 Å². The molecule has 0 unspecified atom stereocenters. The Morgan fingerprint density at radius 2 is 2.45 bits per heavy atom. The molecule has 0 fully saturated rings. The summed E-state index contributed by atoms with van der Waals surface area (Å²) in [6.07, 6.45) is 0. The van der Waals surface area contributed by atoms with Gasteiger partial charge >= 0.3 is 31.1 Å². The molecule has 0 aliphatic heterocycles. The molecular weight excluding hydrogens is 382 g/mol. The second-order valence-electron chi connectivity index (χ2n) is 1.77. The molecule has 1 aromatic heterocycles. The fourth-order valence-electron chi connectivity index (χ4n) is 0.578. The largest absolute Gasteiger partial charge is 2.00 e. The van der Waals surface area contributed by atoms with Gasteiger partial charge in [-0.3, -0.25) is 0 Å². The first-order chi connectivity index (χ1) is 4.83. The first-order valence-corrected chi connectivity index (χ1v) is 3.23. The van der Waals surface area contributed by atoms with E-state index < -0.39 is 0 Å². The first-order valence-electron chi connectivity index (χ1n) is 2.78.